The molecule has 0 spiro atoms. The Morgan fingerprint density at radius 1 is 1.29 bits per heavy atom. The topological polar surface area (TPSA) is 77.8 Å². The van der Waals surface area contributed by atoms with E-state index in [0.29, 0.717) is 13.0 Å². The van der Waals surface area contributed by atoms with Gasteiger partial charge in [-0.25, -0.2) is 0 Å². The molecule has 0 radical (unpaired) electrons. The smallest absolute Gasteiger partial charge is 0.303 e. The monoisotopic (exact) mass is 245 g/mol. The number of carbonyl (C=O) groups excluding carboxylic acids is 1. The third-order valence-electron chi connectivity index (χ3n) is 2.57. The maximum atomic E-state index is 11.8. The highest BCUT2D eigenvalue weighted by atomic mass is 16.4. The first-order valence-corrected chi connectivity index (χ1v) is 5.78. The molecule has 2 N–H and O–H groups in total. The molecule has 1 atom stereocenters. The van der Waals surface area contributed by atoms with Crippen molar-refractivity contribution in [2.24, 2.45) is 5.41 Å². The first-order valence-electron chi connectivity index (χ1n) is 5.78. The van der Waals surface area contributed by atoms with E-state index >= 15 is 0 Å². The Balaban J connectivity index is 4.19. The molecule has 0 aliphatic carbocycles. The molecule has 0 aliphatic rings. The van der Waals surface area contributed by atoms with Gasteiger partial charge in [0.2, 0.25) is 5.91 Å². The van der Waals surface area contributed by atoms with Crippen molar-refractivity contribution in [2.75, 3.05) is 13.6 Å². The molecule has 0 bridgehead atoms. The summed E-state index contributed by atoms with van der Waals surface area (Å²) in [5.74, 6) is -0.980. The van der Waals surface area contributed by atoms with Gasteiger partial charge < -0.3 is 15.1 Å². The molecule has 0 rings (SSSR count). The molecule has 5 nitrogen and oxygen atoms in total. The first kappa shape index (κ1) is 15.9. The Labute approximate surface area is 102 Å². The van der Waals surface area contributed by atoms with Crippen molar-refractivity contribution in [2.45, 2.75) is 46.1 Å². The number of hydrogen-bond acceptors (Lipinski definition) is 3. The van der Waals surface area contributed by atoms with Crippen molar-refractivity contribution in [3.63, 3.8) is 0 Å². The van der Waals surface area contributed by atoms with E-state index in [2.05, 4.69) is 0 Å². The molecule has 1 unspecified atom stereocenters. The van der Waals surface area contributed by atoms with Gasteiger partial charge in [0.05, 0.1) is 12.5 Å². The predicted octanol–water partition coefficient (Wildman–Crippen LogP) is 1.11. The number of aliphatic carboxylic acids is 1. The van der Waals surface area contributed by atoms with Gasteiger partial charge >= 0.3 is 5.97 Å². The highest BCUT2D eigenvalue weighted by molar-refractivity contribution is 5.77. The lowest BCUT2D eigenvalue weighted by atomic mass is 9.85. The summed E-state index contributed by atoms with van der Waals surface area (Å²) in [6.07, 6.45) is 0.275. The summed E-state index contributed by atoms with van der Waals surface area (Å²) in [4.78, 5) is 24.0. The molecule has 0 fully saturated rings. The molecule has 0 saturated heterocycles. The zero-order chi connectivity index (χ0) is 13.6. The van der Waals surface area contributed by atoms with Crippen molar-refractivity contribution in [1.29, 1.82) is 0 Å². The number of carboxylic acid groups (broad SMARTS) is 1. The van der Waals surface area contributed by atoms with Crippen LogP contribution in [0.3, 0.4) is 0 Å². The van der Waals surface area contributed by atoms with Crippen LogP contribution in [-0.4, -0.2) is 46.7 Å². The van der Waals surface area contributed by atoms with Crippen LogP contribution in [0.1, 0.15) is 40.0 Å². The Kier molecular flexibility index (Phi) is 6.16. The summed E-state index contributed by atoms with van der Waals surface area (Å²) in [7, 11) is 1.67. The predicted molar refractivity (Wildman–Crippen MR) is 64.6 cm³/mol. The van der Waals surface area contributed by atoms with Gasteiger partial charge in [0.1, 0.15) is 0 Å². The van der Waals surface area contributed by atoms with E-state index in [0.717, 1.165) is 0 Å². The number of aliphatic hydroxyl groups is 1. The van der Waals surface area contributed by atoms with Crippen molar-refractivity contribution in [1.82, 2.24) is 4.90 Å². The lowest BCUT2D eigenvalue weighted by molar-refractivity contribution is -0.140. The summed E-state index contributed by atoms with van der Waals surface area (Å²) < 4.78 is 0. The minimum Gasteiger partial charge on any atom is -0.481 e. The zero-order valence-electron chi connectivity index (χ0n) is 11.1. The normalized spacial score (nSPS) is 13.2. The lowest BCUT2D eigenvalue weighted by Gasteiger charge is -2.25. The number of nitrogens with zero attached hydrogens (tertiary/aromatic N) is 1. The van der Waals surface area contributed by atoms with E-state index in [9.17, 15) is 9.59 Å². The number of carbonyl (C=O) groups is 2. The maximum Gasteiger partial charge on any atom is 0.303 e. The van der Waals surface area contributed by atoms with Crippen LogP contribution in [0, 0.1) is 5.41 Å². The Bertz CT molecular complexity index is 274. The largest absolute Gasteiger partial charge is 0.481 e. The second-order valence-corrected chi connectivity index (χ2v) is 5.36. The second-order valence-electron chi connectivity index (χ2n) is 5.36. The minimum atomic E-state index is -0.894. The Morgan fingerprint density at radius 2 is 1.82 bits per heavy atom. The molecule has 0 saturated carbocycles. The fourth-order valence-corrected chi connectivity index (χ4v) is 1.52. The van der Waals surface area contributed by atoms with Crippen LogP contribution in [-0.2, 0) is 9.59 Å². The summed E-state index contributed by atoms with van der Waals surface area (Å²) >= 11 is 0. The Morgan fingerprint density at radius 3 is 2.24 bits per heavy atom. The molecule has 0 aromatic heterocycles. The first-order chi connectivity index (χ1) is 7.64. The maximum absolute atomic E-state index is 11.8. The van der Waals surface area contributed by atoms with Crippen LogP contribution in [0.2, 0.25) is 0 Å². The Hall–Kier alpha value is -1.10. The van der Waals surface area contributed by atoms with Crippen LogP contribution >= 0.6 is 0 Å². The molecule has 0 aromatic rings. The van der Waals surface area contributed by atoms with Gasteiger partial charge in [0, 0.05) is 20.0 Å². The summed E-state index contributed by atoms with van der Waals surface area (Å²) in [6.45, 7) is 5.69. The van der Waals surface area contributed by atoms with Crippen LogP contribution < -0.4 is 0 Å². The summed E-state index contributed by atoms with van der Waals surface area (Å²) in [5.41, 5.74) is -0.540. The third-order valence-corrected chi connectivity index (χ3v) is 2.57. The van der Waals surface area contributed by atoms with Crippen molar-refractivity contribution in [3.05, 3.63) is 0 Å². The highest BCUT2D eigenvalue weighted by Crippen LogP contribution is 2.25. The van der Waals surface area contributed by atoms with Gasteiger partial charge in [0.15, 0.2) is 0 Å². The van der Waals surface area contributed by atoms with Gasteiger partial charge in [-0.2, -0.15) is 0 Å². The molecule has 100 valence electrons. The average Bonchev–Trinajstić information content (AvgIpc) is 2.10. The summed E-state index contributed by atoms with van der Waals surface area (Å²) in [5, 5.41) is 17.8. The average molecular weight is 245 g/mol. The van der Waals surface area contributed by atoms with Crippen LogP contribution in [0.15, 0.2) is 0 Å². The van der Waals surface area contributed by atoms with E-state index in [1.165, 1.54) is 4.90 Å². The number of amides is 1. The fourth-order valence-electron chi connectivity index (χ4n) is 1.52. The molecule has 0 aromatic carbocycles. The van der Waals surface area contributed by atoms with Crippen molar-refractivity contribution < 1.29 is 19.8 Å². The van der Waals surface area contributed by atoms with E-state index < -0.39 is 17.5 Å². The number of carboxylic acids is 1. The quantitative estimate of drug-likeness (QED) is 0.704. The van der Waals surface area contributed by atoms with Crippen molar-refractivity contribution >= 4 is 11.9 Å². The molecule has 1 amide bonds. The molecule has 17 heavy (non-hydrogen) atoms. The second kappa shape index (κ2) is 6.59. The van der Waals surface area contributed by atoms with Crippen LogP contribution in [0.4, 0.5) is 0 Å². The summed E-state index contributed by atoms with van der Waals surface area (Å²) in [6, 6.07) is 0. The van der Waals surface area contributed by atoms with Crippen molar-refractivity contribution in [3.8, 4) is 0 Å². The van der Waals surface area contributed by atoms with E-state index in [1.54, 1.807) is 27.8 Å². The van der Waals surface area contributed by atoms with Gasteiger partial charge in [-0.15, -0.1) is 0 Å². The van der Waals surface area contributed by atoms with Gasteiger partial charge in [0.25, 0.3) is 0 Å². The zero-order valence-corrected chi connectivity index (χ0v) is 11.1. The molecule has 0 heterocycles. The van der Waals surface area contributed by atoms with E-state index in [1.807, 2.05) is 0 Å². The van der Waals surface area contributed by atoms with Crippen LogP contribution in [0.5, 0.6) is 0 Å². The SMILES string of the molecule is CC(O)CCN(C)C(=O)CC(C)(C)CC(=O)O. The molecular formula is C12H23NO4. The van der Waals surface area contributed by atoms with Gasteiger partial charge in [-0.3, -0.25) is 9.59 Å². The number of rotatable bonds is 7. The molecular weight excluding hydrogens is 222 g/mol. The molecule has 5 heteroatoms. The fraction of sp³-hybridized carbons (Fsp3) is 0.833. The van der Waals surface area contributed by atoms with E-state index in [4.69, 9.17) is 10.2 Å². The number of hydrogen-bond donors (Lipinski definition) is 2. The van der Waals surface area contributed by atoms with Gasteiger partial charge in [-0.05, 0) is 18.8 Å². The number of aliphatic hydroxyl groups excluding tert-OH is 1. The van der Waals surface area contributed by atoms with E-state index in [-0.39, 0.29) is 18.7 Å². The third kappa shape index (κ3) is 7.74. The molecule has 0 aliphatic heterocycles. The standard InChI is InChI=1S/C12H23NO4/c1-9(14)5-6-13(4)10(15)7-12(2,3)8-11(16)17/h9,14H,5-8H2,1-4H3,(H,16,17). The van der Waals surface area contributed by atoms with Crippen LogP contribution in [0.25, 0.3) is 0 Å². The highest BCUT2D eigenvalue weighted by Gasteiger charge is 2.26. The van der Waals surface area contributed by atoms with Gasteiger partial charge in [-0.1, -0.05) is 13.8 Å². The lowest BCUT2D eigenvalue weighted by Crippen LogP contribution is -2.33. The minimum absolute atomic E-state index is 0.0248.